The fourth-order valence-corrected chi connectivity index (χ4v) is 7.86. The van der Waals surface area contributed by atoms with Gasteiger partial charge in [-0.15, -0.1) is 0 Å². The first-order chi connectivity index (χ1) is 19.4. The third-order valence-corrected chi connectivity index (χ3v) is 10.9. The summed E-state index contributed by atoms with van der Waals surface area (Å²) in [6.07, 6.45) is 5.82. The van der Waals surface area contributed by atoms with Gasteiger partial charge in [0.15, 0.2) is 5.13 Å². The number of rotatable bonds is 10. The molecule has 40 heavy (non-hydrogen) atoms. The number of ether oxygens (including phenoxy) is 2. The average molecular weight is 587 g/mol. The molecule has 1 amide bonds. The van der Waals surface area contributed by atoms with E-state index >= 15 is 0 Å². The first-order valence-electron chi connectivity index (χ1n) is 14.0. The molecular weight excluding hydrogens is 548 g/mol. The quantitative estimate of drug-likeness (QED) is 0.342. The molecule has 11 heteroatoms. The highest BCUT2D eigenvalue weighted by atomic mass is 32.2. The monoisotopic (exact) mass is 586 g/mol. The highest BCUT2D eigenvalue weighted by molar-refractivity contribution is 7.89. The van der Waals surface area contributed by atoms with E-state index in [9.17, 15) is 13.2 Å². The van der Waals surface area contributed by atoms with E-state index in [0.29, 0.717) is 17.2 Å². The lowest BCUT2D eigenvalue weighted by molar-refractivity contribution is 0.0376. The molecule has 0 radical (unpaired) electrons. The number of hydrogen-bond donors (Lipinski definition) is 0. The number of benzene rings is 2. The zero-order valence-corrected chi connectivity index (χ0v) is 24.9. The summed E-state index contributed by atoms with van der Waals surface area (Å²) in [6.45, 7) is 4.59. The van der Waals surface area contributed by atoms with Crippen LogP contribution in [-0.4, -0.2) is 88.1 Å². The predicted octanol–water partition coefficient (Wildman–Crippen LogP) is 4.63. The Morgan fingerprint density at radius 1 is 1.10 bits per heavy atom. The third kappa shape index (κ3) is 6.49. The molecule has 1 aromatic heterocycles. The SMILES string of the molecule is COc1ccc2nc(N(CCCN3CCOCC3)C(=O)c3ccc(S(=O)(=O)N(C)C4CCCCC4)cc3)sc2c1. The third-order valence-electron chi connectivity index (χ3n) is 7.89. The van der Waals surface area contributed by atoms with E-state index < -0.39 is 10.0 Å². The second kappa shape index (κ2) is 12.9. The summed E-state index contributed by atoms with van der Waals surface area (Å²) in [5.74, 6) is 0.542. The van der Waals surface area contributed by atoms with Gasteiger partial charge in [-0.2, -0.15) is 4.31 Å². The van der Waals surface area contributed by atoms with Crippen LogP contribution in [0.5, 0.6) is 5.75 Å². The Balaban J connectivity index is 1.36. The Bertz CT molecular complexity index is 1400. The van der Waals surface area contributed by atoms with Gasteiger partial charge < -0.3 is 9.47 Å². The van der Waals surface area contributed by atoms with Gasteiger partial charge in [0.05, 0.1) is 35.4 Å². The molecule has 2 heterocycles. The number of thiazole rings is 1. The Morgan fingerprint density at radius 2 is 1.82 bits per heavy atom. The van der Waals surface area contributed by atoms with E-state index in [4.69, 9.17) is 14.5 Å². The van der Waals surface area contributed by atoms with Gasteiger partial charge in [0.1, 0.15) is 5.75 Å². The highest BCUT2D eigenvalue weighted by Gasteiger charge is 2.29. The molecule has 3 aromatic rings. The number of anilines is 1. The fourth-order valence-electron chi connectivity index (χ4n) is 5.43. The van der Waals surface area contributed by atoms with Gasteiger partial charge in [0, 0.05) is 44.8 Å². The second-order valence-electron chi connectivity index (χ2n) is 10.4. The molecule has 2 aliphatic rings. The number of hydrogen-bond acceptors (Lipinski definition) is 8. The van der Waals surface area contributed by atoms with E-state index in [2.05, 4.69) is 4.90 Å². The van der Waals surface area contributed by atoms with Crippen LogP contribution in [0.4, 0.5) is 5.13 Å². The molecule has 1 aliphatic heterocycles. The van der Waals surface area contributed by atoms with Gasteiger partial charge in [-0.3, -0.25) is 14.6 Å². The van der Waals surface area contributed by atoms with Crippen LogP contribution >= 0.6 is 11.3 Å². The Morgan fingerprint density at radius 3 is 2.52 bits per heavy atom. The Hall–Kier alpha value is -2.57. The van der Waals surface area contributed by atoms with Crippen LogP contribution in [0.1, 0.15) is 48.9 Å². The van der Waals surface area contributed by atoms with Crippen molar-refractivity contribution in [3.63, 3.8) is 0 Å². The van der Waals surface area contributed by atoms with Crippen LogP contribution in [0.25, 0.3) is 10.2 Å². The van der Waals surface area contributed by atoms with E-state index in [1.807, 2.05) is 18.2 Å². The van der Waals surface area contributed by atoms with Gasteiger partial charge in [-0.05, 0) is 61.7 Å². The van der Waals surface area contributed by atoms with Crippen LogP contribution in [-0.2, 0) is 14.8 Å². The van der Waals surface area contributed by atoms with Crippen LogP contribution in [0.15, 0.2) is 47.4 Å². The van der Waals surface area contributed by atoms with Crippen molar-refractivity contribution >= 4 is 42.6 Å². The maximum atomic E-state index is 13.8. The minimum absolute atomic E-state index is 0.0275. The van der Waals surface area contributed by atoms with E-state index in [1.54, 1.807) is 43.3 Å². The van der Waals surface area contributed by atoms with Crippen molar-refractivity contribution in [1.29, 1.82) is 0 Å². The first kappa shape index (κ1) is 28.9. The molecule has 9 nitrogen and oxygen atoms in total. The Kier molecular flexibility index (Phi) is 9.37. The summed E-state index contributed by atoms with van der Waals surface area (Å²) in [7, 11) is -0.338. The van der Waals surface area contributed by atoms with E-state index in [0.717, 1.165) is 87.3 Å². The number of nitrogens with zero attached hydrogens (tertiary/aromatic N) is 4. The summed E-state index contributed by atoms with van der Waals surface area (Å²) in [6, 6.07) is 12.1. The van der Waals surface area contributed by atoms with Crippen molar-refractivity contribution in [3.05, 3.63) is 48.0 Å². The molecule has 216 valence electrons. The topological polar surface area (TPSA) is 92.3 Å². The minimum Gasteiger partial charge on any atom is -0.497 e. The molecule has 2 aromatic carbocycles. The predicted molar refractivity (Wildman–Crippen MR) is 158 cm³/mol. The lowest BCUT2D eigenvalue weighted by Gasteiger charge is -2.30. The van der Waals surface area contributed by atoms with Crippen LogP contribution < -0.4 is 9.64 Å². The number of carbonyl (C=O) groups excluding carboxylic acids is 1. The van der Waals surface area contributed by atoms with Gasteiger partial charge in [0.2, 0.25) is 10.0 Å². The molecule has 0 N–H and O–H groups in total. The summed E-state index contributed by atoms with van der Waals surface area (Å²) in [5, 5.41) is 0.615. The molecule has 2 fully saturated rings. The number of morpholine rings is 1. The summed E-state index contributed by atoms with van der Waals surface area (Å²) in [4.78, 5) is 22.9. The molecule has 5 rings (SSSR count). The highest BCUT2D eigenvalue weighted by Crippen LogP contribution is 2.33. The number of fused-ring (bicyclic) bond motifs is 1. The first-order valence-corrected chi connectivity index (χ1v) is 16.3. The summed E-state index contributed by atoms with van der Waals surface area (Å²) < 4.78 is 39.9. The van der Waals surface area contributed by atoms with Crippen LogP contribution in [0.3, 0.4) is 0 Å². The Labute approximate surface area is 240 Å². The largest absolute Gasteiger partial charge is 0.497 e. The van der Waals surface area contributed by atoms with Crippen molar-refractivity contribution in [2.75, 3.05) is 58.5 Å². The molecule has 0 atom stereocenters. The van der Waals surface area contributed by atoms with E-state index in [1.165, 1.54) is 15.6 Å². The van der Waals surface area contributed by atoms with Gasteiger partial charge in [0.25, 0.3) is 5.91 Å². The molecular formula is C29H38N4O5S2. The lowest BCUT2D eigenvalue weighted by Crippen LogP contribution is -2.39. The zero-order valence-electron chi connectivity index (χ0n) is 23.3. The minimum atomic E-state index is -3.63. The molecule has 0 unspecified atom stereocenters. The van der Waals surface area contributed by atoms with Crippen molar-refractivity contribution in [2.24, 2.45) is 0 Å². The molecule has 0 spiro atoms. The van der Waals surface area contributed by atoms with E-state index in [-0.39, 0.29) is 16.8 Å². The molecule has 1 aliphatic carbocycles. The zero-order chi connectivity index (χ0) is 28.1. The van der Waals surface area contributed by atoms with Crippen molar-refractivity contribution in [3.8, 4) is 5.75 Å². The van der Waals surface area contributed by atoms with Gasteiger partial charge >= 0.3 is 0 Å². The van der Waals surface area contributed by atoms with Crippen LogP contribution in [0.2, 0.25) is 0 Å². The normalized spacial score (nSPS) is 17.4. The standard InChI is InChI=1S/C29H38N4O5S2/c1-31(23-7-4-3-5-8-23)40(35,36)25-12-9-22(10-13-25)28(34)33(16-6-15-32-17-19-38-20-18-32)29-30-26-14-11-24(37-2)21-27(26)39-29/h9-14,21,23H,3-8,15-20H2,1-2H3. The molecule has 0 bridgehead atoms. The molecule has 1 saturated carbocycles. The number of amides is 1. The maximum absolute atomic E-state index is 13.8. The number of sulfonamides is 1. The van der Waals surface area contributed by atoms with Crippen molar-refractivity contribution in [2.45, 2.75) is 49.5 Å². The van der Waals surface area contributed by atoms with Crippen molar-refractivity contribution < 1.29 is 22.7 Å². The number of methoxy groups -OCH3 is 1. The van der Waals surface area contributed by atoms with Crippen molar-refractivity contribution in [1.82, 2.24) is 14.2 Å². The summed E-state index contributed by atoms with van der Waals surface area (Å²) in [5.41, 5.74) is 1.24. The fraction of sp³-hybridized carbons (Fsp3) is 0.517. The summed E-state index contributed by atoms with van der Waals surface area (Å²) >= 11 is 1.45. The van der Waals surface area contributed by atoms with Gasteiger partial charge in [-0.25, -0.2) is 13.4 Å². The number of aromatic nitrogens is 1. The maximum Gasteiger partial charge on any atom is 0.260 e. The smallest absolute Gasteiger partial charge is 0.260 e. The van der Waals surface area contributed by atoms with Gasteiger partial charge in [-0.1, -0.05) is 30.6 Å². The van der Waals surface area contributed by atoms with Crippen LogP contribution in [0, 0.1) is 0 Å². The number of carbonyl (C=O) groups is 1. The second-order valence-corrected chi connectivity index (χ2v) is 13.4. The lowest BCUT2D eigenvalue weighted by atomic mass is 9.96. The average Bonchev–Trinajstić information content (AvgIpc) is 3.42. The molecule has 1 saturated heterocycles.